The van der Waals surface area contributed by atoms with Gasteiger partial charge in [-0.25, -0.2) is 24.5 Å². The molecule has 0 aliphatic carbocycles. The summed E-state index contributed by atoms with van der Waals surface area (Å²) >= 11 is 0. The third-order valence-electron chi connectivity index (χ3n) is 6.63. The summed E-state index contributed by atoms with van der Waals surface area (Å²) in [5.41, 5.74) is -1.67. The Labute approximate surface area is 286 Å². The van der Waals surface area contributed by atoms with Gasteiger partial charge in [-0.1, -0.05) is 51.3 Å². The lowest BCUT2D eigenvalue weighted by Gasteiger charge is -2.25. The molecule has 11 nitrogen and oxygen atoms in total. The summed E-state index contributed by atoms with van der Waals surface area (Å²) in [7, 11) is 3.01. The van der Waals surface area contributed by atoms with E-state index in [4.69, 9.17) is 9.47 Å². The van der Waals surface area contributed by atoms with E-state index in [1.165, 1.54) is 19.5 Å². The summed E-state index contributed by atoms with van der Waals surface area (Å²) in [5, 5.41) is 5.11. The van der Waals surface area contributed by atoms with Gasteiger partial charge in [-0.15, -0.1) is 0 Å². The maximum absolute atomic E-state index is 13.7. The van der Waals surface area contributed by atoms with E-state index in [0.29, 0.717) is 12.1 Å². The molecule has 0 radical (unpaired) electrons. The molecule has 0 aliphatic heterocycles. The summed E-state index contributed by atoms with van der Waals surface area (Å²) in [6.45, 7) is 21.1. The molecule has 2 aromatic rings. The van der Waals surface area contributed by atoms with Crippen molar-refractivity contribution < 1.29 is 32.2 Å². The third kappa shape index (κ3) is 12.0. The summed E-state index contributed by atoms with van der Waals surface area (Å²) in [6, 6.07) is -0.545. The number of carbonyl (C=O) groups is 2. The Bertz CT molecular complexity index is 1670. The molecule has 2 N–H and O–H groups in total. The SMILES string of the molecule is C=CC(=N/C(C#Cc1c(NC(=C)C(F)(F)F)nc(N(C)C(=O)OC(C)(C)C)c2ncn(C)c12)=C\C)[C@H](CCCCC)NC(=O)OC(C)(C)C. The maximum Gasteiger partial charge on any atom is 0.430 e. The van der Waals surface area contributed by atoms with Crippen LogP contribution >= 0.6 is 0 Å². The highest BCUT2D eigenvalue weighted by Crippen LogP contribution is 2.34. The van der Waals surface area contributed by atoms with Crippen LogP contribution in [0.4, 0.5) is 34.4 Å². The number of aryl methyl sites for hydroxylation is 1. The number of aromatic nitrogens is 3. The molecule has 0 aromatic carbocycles. The van der Waals surface area contributed by atoms with E-state index in [0.717, 1.165) is 24.2 Å². The topological polar surface area (TPSA) is 123 Å². The van der Waals surface area contributed by atoms with Gasteiger partial charge in [-0.05, 0) is 66.9 Å². The zero-order valence-electron chi connectivity index (χ0n) is 30.1. The fraction of sp³-hybridized carbons (Fsp3) is 0.514. The summed E-state index contributed by atoms with van der Waals surface area (Å²) in [5.74, 6) is 5.46. The molecule has 0 saturated heterocycles. The van der Waals surface area contributed by atoms with Gasteiger partial charge < -0.3 is 24.7 Å². The molecule has 2 heterocycles. The molecule has 2 amide bonds. The third-order valence-corrected chi connectivity index (χ3v) is 6.63. The lowest BCUT2D eigenvalue weighted by molar-refractivity contribution is -0.0899. The summed E-state index contributed by atoms with van der Waals surface area (Å²) in [6.07, 6.45) is 1.60. The molecule has 49 heavy (non-hydrogen) atoms. The minimum absolute atomic E-state index is 0.0443. The van der Waals surface area contributed by atoms with Crippen molar-refractivity contribution in [3.05, 3.63) is 48.6 Å². The first kappa shape index (κ1) is 40.4. The number of carbonyl (C=O) groups excluding carboxylic acids is 2. The van der Waals surface area contributed by atoms with Crippen LogP contribution in [0.1, 0.15) is 86.6 Å². The molecule has 2 aromatic heterocycles. The zero-order valence-corrected chi connectivity index (χ0v) is 30.1. The molecule has 0 saturated carbocycles. The van der Waals surface area contributed by atoms with Gasteiger partial charge in [0.05, 0.1) is 29.2 Å². The number of unbranched alkanes of at least 4 members (excludes halogenated alkanes) is 2. The molecule has 0 spiro atoms. The first-order valence-electron chi connectivity index (χ1n) is 15.9. The average molecular weight is 688 g/mol. The molecule has 1 atom stereocenters. The van der Waals surface area contributed by atoms with Gasteiger partial charge in [0.15, 0.2) is 11.6 Å². The zero-order chi connectivity index (χ0) is 37.3. The largest absolute Gasteiger partial charge is 0.444 e. The standard InChI is InChI=1S/C35H48F3N7O4/c1-13-16-17-18-26(42-31(46)48-33(5,6)7)25(15-3)41-23(14-2)19-20-24-28-27(39-21-44(28)11)30(45(12)32(47)49-34(8,9)10)43-29(24)40-22(4)35(36,37)38/h14-15,21,26H,3-4,13,16-18H2,1-2,5-12H3,(H,40,43)(H,42,46)/b23-14-,41-25?/t26-/m0/s1. The Kier molecular flexibility index (Phi) is 13.6. The number of pyridine rings is 1. The number of alkyl halides is 3. The highest BCUT2D eigenvalue weighted by atomic mass is 19.4. The number of halogens is 3. The quantitative estimate of drug-likeness (QED) is 0.139. The van der Waals surface area contributed by atoms with Crippen LogP contribution in [0.2, 0.25) is 0 Å². The number of alkyl carbamates (subject to hydrolysis) is 1. The van der Waals surface area contributed by atoms with Crippen LogP contribution in [0.15, 0.2) is 48.0 Å². The highest BCUT2D eigenvalue weighted by molar-refractivity contribution is 6.02. The van der Waals surface area contributed by atoms with Crippen molar-refractivity contribution in [1.82, 2.24) is 19.9 Å². The Morgan fingerprint density at radius 3 is 2.31 bits per heavy atom. The van der Waals surface area contributed by atoms with E-state index in [1.54, 1.807) is 66.2 Å². The predicted molar refractivity (Wildman–Crippen MR) is 188 cm³/mol. The van der Waals surface area contributed by atoms with E-state index < -0.39 is 41.3 Å². The van der Waals surface area contributed by atoms with Gasteiger partial charge in [0.25, 0.3) is 0 Å². The fourth-order valence-corrected chi connectivity index (χ4v) is 4.33. The predicted octanol–water partition coefficient (Wildman–Crippen LogP) is 8.18. The summed E-state index contributed by atoms with van der Waals surface area (Å²) < 4.78 is 53.5. The highest BCUT2D eigenvalue weighted by Gasteiger charge is 2.34. The minimum Gasteiger partial charge on any atom is -0.444 e. The lowest BCUT2D eigenvalue weighted by Crippen LogP contribution is -2.43. The van der Waals surface area contributed by atoms with Gasteiger partial charge in [-0.2, -0.15) is 13.2 Å². The van der Waals surface area contributed by atoms with Gasteiger partial charge in [0.1, 0.15) is 28.1 Å². The monoisotopic (exact) mass is 687 g/mol. The Hall–Kier alpha value is -4.80. The molecule has 0 bridgehead atoms. The minimum atomic E-state index is -4.81. The first-order valence-corrected chi connectivity index (χ1v) is 15.9. The Morgan fingerprint density at radius 2 is 1.78 bits per heavy atom. The van der Waals surface area contributed by atoms with Crippen LogP contribution < -0.4 is 15.5 Å². The second-order valence-corrected chi connectivity index (χ2v) is 13.2. The maximum atomic E-state index is 13.7. The van der Waals surface area contributed by atoms with Gasteiger partial charge >= 0.3 is 18.4 Å². The van der Waals surface area contributed by atoms with E-state index in [1.807, 2.05) is 0 Å². The Balaban J connectivity index is 2.74. The van der Waals surface area contributed by atoms with Gasteiger partial charge in [-0.3, -0.25) is 4.90 Å². The van der Waals surface area contributed by atoms with Crippen LogP contribution in [-0.2, 0) is 16.5 Å². The number of nitrogens with zero attached hydrogens (tertiary/aromatic N) is 5. The number of fused-ring (bicyclic) bond motifs is 1. The number of nitrogens with one attached hydrogen (secondary N) is 2. The van der Waals surface area contributed by atoms with Crippen molar-refractivity contribution in [2.45, 2.75) is 104 Å². The van der Waals surface area contributed by atoms with Crippen LogP contribution in [0.25, 0.3) is 11.0 Å². The fourth-order valence-electron chi connectivity index (χ4n) is 4.33. The number of allylic oxidation sites excluding steroid dienone is 3. The van der Waals surface area contributed by atoms with Crippen molar-refractivity contribution in [3.8, 4) is 11.8 Å². The van der Waals surface area contributed by atoms with Crippen molar-refractivity contribution in [1.29, 1.82) is 0 Å². The number of aliphatic imine (C=N–C) groups is 1. The van der Waals surface area contributed by atoms with Crippen molar-refractivity contribution in [2.24, 2.45) is 12.0 Å². The van der Waals surface area contributed by atoms with E-state index in [9.17, 15) is 22.8 Å². The number of hydrogen-bond donors (Lipinski definition) is 2. The molecule has 0 aliphatic rings. The van der Waals surface area contributed by atoms with Gasteiger partial charge in [0.2, 0.25) is 0 Å². The second kappa shape index (κ2) is 16.5. The van der Waals surface area contributed by atoms with Crippen LogP contribution in [0.3, 0.4) is 0 Å². The molecular formula is C35H48F3N7O4. The molecule has 0 fully saturated rings. The van der Waals surface area contributed by atoms with Crippen molar-refractivity contribution in [3.63, 3.8) is 0 Å². The molecule has 14 heteroatoms. The number of amides is 2. The van der Waals surface area contributed by atoms with E-state index in [2.05, 4.69) is 57.5 Å². The van der Waals surface area contributed by atoms with Crippen LogP contribution in [0, 0.1) is 11.8 Å². The molecule has 2 rings (SSSR count). The van der Waals surface area contributed by atoms with Gasteiger partial charge in [0, 0.05) is 14.1 Å². The average Bonchev–Trinajstić information content (AvgIpc) is 3.35. The van der Waals surface area contributed by atoms with Crippen molar-refractivity contribution in [2.75, 3.05) is 17.3 Å². The number of rotatable bonds is 11. The van der Waals surface area contributed by atoms with E-state index >= 15 is 0 Å². The first-order chi connectivity index (χ1) is 22.6. The number of anilines is 2. The number of ether oxygens (including phenoxy) is 2. The molecule has 0 unspecified atom stereocenters. The lowest BCUT2D eigenvalue weighted by atomic mass is 10.0. The van der Waals surface area contributed by atoms with Crippen LogP contribution in [0.5, 0.6) is 0 Å². The number of hydrogen-bond acceptors (Lipinski definition) is 8. The summed E-state index contributed by atoms with van der Waals surface area (Å²) in [4.78, 5) is 40.1. The van der Waals surface area contributed by atoms with Crippen LogP contribution in [-0.4, -0.2) is 62.9 Å². The Morgan fingerprint density at radius 1 is 1.14 bits per heavy atom. The number of imidazole rings is 1. The molecular weight excluding hydrogens is 639 g/mol. The molecule has 268 valence electrons. The van der Waals surface area contributed by atoms with E-state index in [-0.39, 0.29) is 33.9 Å². The smallest absolute Gasteiger partial charge is 0.430 e. The normalized spacial score (nSPS) is 13.2. The van der Waals surface area contributed by atoms with Crippen molar-refractivity contribution >= 4 is 40.6 Å². The second-order valence-electron chi connectivity index (χ2n) is 13.2.